The largest absolute Gasteiger partial charge is 0.455 e. The number of carbonyl (C=O) groups is 2. The molecule has 0 bridgehead atoms. The van der Waals surface area contributed by atoms with Crippen molar-refractivity contribution < 1.29 is 45.7 Å². The molecule has 8 heterocycles. The summed E-state index contributed by atoms with van der Waals surface area (Å²) in [5, 5.41) is 39.6. The summed E-state index contributed by atoms with van der Waals surface area (Å²) in [4.78, 5) is 73.1. The molecule has 0 unspecified atom stereocenters. The number of nitrogens with zero attached hydrogens (tertiary/aromatic N) is 10. The smallest absolute Gasteiger partial charge is 0.296 e. The first kappa shape index (κ1) is 75.2. The van der Waals surface area contributed by atoms with Gasteiger partial charge in [-0.25, -0.2) is 36.2 Å². The first-order valence-electron chi connectivity index (χ1n) is 37.8. The Morgan fingerprint density at radius 1 is 0.509 bits per heavy atom. The fourth-order valence-corrected chi connectivity index (χ4v) is 19.2. The van der Waals surface area contributed by atoms with E-state index in [-0.39, 0.29) is 44.4 Å². The summed E-state index contributed by atoms with van der Waals surface area (Å²) < 4.78 is 70.9. The molecule has 28 nitrogen and oxygen atoms in total. The molecular formula is C82H78Cl2N16O12S2. The van der Waals surface area contributed by atoms with Crippen LogP contribution in [0.25, 0.3) is 55.0 Å². The SMILES string of the molecule is O=C(NS(=O)(=O)c1cc([N+](=O)[O-])c2[nH]ncc2c1)c1ccc(N2CCN(CC3=C(c4ccc(Cl)cc4)CC4(CCC4)CC3)CC2)cc1Oc1cnc2[nH]ccc2c1.O=C(NS(=O)(=O)c1cc([N+](=O)[O-])c2cn[nH]c2c1)c1ccc(N2CCN(CC3=C(c4ccc(Cl)cc4)CC4(CCC4)CC3)CC2)cc1Oc1cnc2[nH]ccc2c1. The second kappa shape index (κ2) is 30.8. The molecule has 6 aromatic heterocycles. The fraction of sp³-hybridized carbons (Fsp3) is 0.293. The van der Waals surface area contributed by atoms with Crippen LogP contribution in [0.3, 0.4) is 0 Å². The number of aromatic amines is 4. The number of ether oxygens (including phenoxy) is 2. The maximum atomic E-state index is 13.8. The van der Waals surface area contributed by atoms with Crippen molar-refractivity contribution in [2.24, 2.45) is 10.8 Å². The molecule has 2 saturated heterocycles. The van der Waals surface area contributed by atoms with Crippen molar-refractivity contribution in [3.8, 4) is 23.0 Å². The maximum absolute atomic E-state index is 13.8. The van der Waals surface area contributed by atoms with E-state index in [1.165, 1.54) is 134 Å². The zero-order valence-electron chi connectivity index (χ0n) is 61.7. The van der Waals surface area contributed by atoms with Gasteiger partial charge in [0.05, 0.1) is 66.5 Å². The topological polar surface area (TPSA) is 359 Å². The maximum Gasteiger partial charge on any atom is 0.296 e. The van der Waals surface area contributed by atoms with E-state index in [1.807, 2.05) is 36.4 Å². The molecule has 584 valence electrons. The minimum absolute atomic E-state index is 0.0442. The van der Waals surface area contributed by atoms with Crippen molar-refractivity contribution in [3.63, 3.8) is 0 Å². The third-order valence-electron chi connectivity index (χ3n) is 23.5. The van der Waals surface area contributed by atoms with Crippen molar-refractivity contribution >= 4 is 133 Å². The van der Waals surface area contributed by atoms with Crippen molar-refractivity contribution in [2.45, 2.75) is 86.8 Å². The van der Waals surface area contributed by atoms with Gasteiger partial charge in [-0.05, 0) is 182 Å². The number of piperazine rings is 2. The second-order valence-electron chi connectivity index (χ2n) is 30.4. The number of allylic oxidation sites excluding steroid dienone is 2. The number of nitro groups is 2. The molecule has 12 aromatic rings. The first-order valence-corrected chi connectivity index (χ1v) is 41.5. The van der Waals surface area contributed by atoms with E-state index in [9.17, 15) is 46.7 Å². The Bertz CT molecular complexity index is 5730. The number of anilines is 2. The highest BCUT2D eigenvalue weighted by molar-refractivity contribution is 7.90. The van der Waals surface area contributed by atoms with Crippen LogP contribution in [0.4, 0.5) is 22.7 Å². The Hall–Kier alpha value is -11.5. The van der Waals surface area contributed by atoms with Crippen LogP contribution >= 0.6 is 23.2 Å². The van der Waals surface area contributed by atoms with Crippen molar-refractivity contribution in [3.05, 3.63) is 234 Å². The number of hydrogen-bond donors (Lipinski definition) is 6. The number of nitrogens with one attached hydrogen (secondary N) is 6. The molecule has 6 aliphatic rings. The Balaban J connectivity index is 0.000000165. The number of aromatic nitrogens is 8. The molecule has 6 N–H and O–H groups in total. The van der Waals surface area contributed by atoms with E-state index in [0.717, 1.165) is 135 Å². The Kier molecular flexibility index (Phi) is 20.3. The van der Waals surface area contributed by atoms with Crippen LogP contribution in [0.15, 0.2) is 192 Å². The lowest BCUT2D eigenvalue weighted by Gasteiger charge is -2.47. The first-order chi connectivity index (χ1) is 55.0. The standard InChI is InChI=1S/2C41H39ClN8O6S/c42-30-4-2-26(3-5-30)35-22-41(10-1-11-41)12-8-28(35)25-48-14-16-49(17-15-48)31-6-7-34(37(20-31)56-32-18-27-9-13-43-39(27)44-24-32)40(51)47-57(54,55)33-19-29-23-45-46-38(29)36(21-33)50(52)53;42-29-4-2-26(3-5-29)34-22-41(10-1-11-41)12-8-28(34)25-48-14-16-49(17-15-48)30-6-7-33(38(19-30)56-31-18-27-9-13-43-39(27)44-23-31)40(51)47-57(54,55)32-20-36-35(24-45-46-36)37(21-32)50(52)53/h2*2-7,9,13,18-21,23-24H,1,8,10-12,14-17,22,25H2,(H,43,44)(H,45,46)(H,47,51). The number of carbonyl (C=O) groups excluding carboxylic acids is 2. The normalized spacial score (nSPS) is 17.2. The van der Waals surface area contributed by atoms with Crippen molar-refractivity contribution in [1.29, 1.82) is 0 Å². The lowest BCUT2D eigenvalue weighted by Crippen LogP contribution is -2.47. The molecule has 114 heavy (non-hydrogen) atoms. The molecule has 2 aliphatic heterocycles. The van der Waals surface area contributed by atoms with Gasteiger partial charge in [0.15, 0.2) is 0 Å². The van der Waals surface area contributed by atoms with E-state index in [4.69, 9.17) is 32.7 Å². The van der Waals surface area contributed by atoms with Crippen LogP contribution in [0.5, 0.6) is 23.0 Å². The lowest BCUT2D eigenvalue weighted by molar-refractivity contribution is -0.383. The summed E-state index contributed by atoms with van der Waals surface area (Å²) in [6, 6.07) is 38.1. The predicted molar refractivity (Wildman–Crippen MR) is 434 cm³/mol. The Morgan fingerprint density at radius 3 is 1.42 bits per heavy atom. The molecule has 18 rings (SSSR count). The minimum atomic E-state index is -4.57. The number of pyridine rings is 2. The summed E-state index contributed by atoms with van der Waals surface area (Å²) in [7, 11) is -9.14. The van der Waals surface area contributed by atoms with Gasteiger partial charge in [-0.15, -0.1) is 0 Å². The van der Waals surface area contributed by atoms with Crippen LogP contribution in [0.2, 0.25) is 10.0 Å². The van der Waals surface area contributed by atoms with Crippen LogP contribution in [0, 0.1) is 31.1 Å². The lowest BCUT2D eigenvalue weighted by atomic mass is 9.59. The molecule has 4 aliphatic carbocycles. The number of non-ortho nitro benzene ring substituents is 2. The van der Waals surface area contributed by atoms with Gasteiger partial charge in [-0.3, -0.25) is 49.8 Å². The monoisotopic (exact) mass is 1610 g/mol. The molecule has 2 amide bonds. The Morgan fingerprint density at radius 2 is 0.965 bits per heavy atom. The number of benzene rings is 6. The number of halogens is 2. The molecule has 4 fully saturated rings. The Labute approximate surface area is 664 Å². The number of nitro benzene ring substituents is 2. The van der Waals surface area contributed by atoms with E-state index in [2.05, 4.69) is 93.6 Å². The van der Waals surface area contributed by atoms with Gasteiger partial charge >= 0.3 is 0 Å². The third-order valence-corrected chi connectivity index (χ3v) is 26.6. The number of sulfonamides is 2. The highest BCUT2D eigenvalue weighted by Gasteiger charge is 2.43. The molecular weight excluding hydrogens is 1540 g/mol. The molecule has 0 radical (unpaired) electrons. The van der Waals surface area contributed by atoms with Gasteiger partial charge in [0, 0.05) is 140 Å². The number of amides is 2. The van der Waals surface area contributed by atoms with Gasteiger partial charge in [0.25, 0.3) is 43.2 Å². The average molecular weight is 1610 g/mol. The van der Waals surface area contributed by atoms with Crippen molar-refractivity contribution in [2.75, 3.05) is 75.2 Å². The molecule has 6 aromatic carbocycles. The number of H-pyrrole nitrogens is 4. The second-order valence-corrected chi connectivity index (χ2v) is 34.7. The molecule has 2 spiro atoms. The summed E-state index contributed by atoms with van der Waals surface area (Å²) in [6.45, 7) is 8.10. The van der Waals surface area contributed by atoms with E-state index in [0.29, 0.717) is 33.6 Å². The summed E-state index contributed by atoms with van der Waals surface area (Å²) in [5.41, 5.74) is 11.5. The molecule has 32 heteroatoms. The zero-order chi connectivity index (χ0) is 78.6. The van der Waals surface area contributed by atoms with Gasteiger partial charge in [-0.2, -0.15) is 10.2 Å². The van der Waals surface area contributed by atoms with Gasteiger partial charge in [0.1, 0.15) is 39.8 Å². The summed E-state index contributed by atoms with van der Waals surface area (Å²) in [6.07, 6.45) is 23.9. The highest BCUT2D eigenvalue weighted by atomic mass is 35.5. The van der Waals surface area contributed by atoms with E-state index < -0.39 is 62.9 Å². The van der Waals surface area contributed by atoms with Crippen molar-refractivity contribution in [1.82, 2.24) is 59.6 Å². The number of hydrogen-bond acceptors (Lipinski definition) is 20. The zero-order valence-corrected chi connectivity index (χ0v) is 64.8. The number of rotatable bonds is 20. The predicted octanol–water partition coefficient (Wildman–Crippen LogP) is 15.7. The molecule has 2 saturated carbocycles. The number of fused-ring (bicyclic) bond motifs is 4. The van der Waals surface area contributed by atoms with Gasteiger partial charge < -0.3 is 29.2 Å². The average Bonchev–Trinajstić information content (AvgIpc) is 1.12. The fourth-order valence-electron chi connectivity index (χ4n) is 16.9. The van der Waals surface area contributed by atoms with E-state index in [1.54, 1.807) is 48.8 Å². The van der Waals surface area contributed by atoms with Crippen LogP contribution in [-0.2, 0) is 20.0 Å². The molecule has 0 atom stereocenters. The summed E-state index contributed by atoms with van der Waals surface area (Å²) >= 11 is 12.5. The van der Waals surface area contributed by atoms with Gasteiger partial charge in [-0.1, -0.05) is 71.5 Å². The third kappa shape index (κ3) is 15.6. The summed E-state index contributed by atoms with van der Waals surface area (Å²) in [5.74, 6) is -0.983. The highest BCUT2D eigenvalue weighted by Crippen LogP contribution is 2.57. The van der Waals surface area contributed by atoms with Gasteiger partial charge in [0.2, 0.25) is 0 Å². The van der Waals surface area contributed by atoms with Crippen LogP contribution in [-0.4, -0.2) is 154 Å². The quantitative estimate of drug-likeness (QED) is 0.0305. The minimum Gasteiger partial charge on any atom is -0.455 e. The van der Waals surface area contributed by atoms with E-state index >= 15 is 0 Å². The van der Waals surface area contributed by atoms with Crippen LogP contribution < -0.4 is 28.7 Å². The van der Waals surface area contributed by atoms with Crippen LogP contribution in [0.1, 0.15) is 109 Å².